The van der Waals surface area contributed by atoms with Crippen molar-refractivity contribution >= 4 is 38.9 Å². The molecule has 0 unspecified atom stereocenters. The van der Waals surface area contributed by atoms with Crippen LogP contribution in [0.4, 0.5) is 5.69 Å². The second kappa shape index (κ2) is 8.61. The van der Waals surface area contributed by atoms with Gasteiger partial charge in [-0.2, -0.15) is 5.26 Å². The SMILES string of the molecule is N#CCOc1cccc(NC(=O)Cc2csc(-c3cccc(Br)c3)n2)c1. The van der Waals surface area contributed by atoms with E-state index in [0.29, 0.717) is 11.4 Å². The first-order chi connectivity index (χ1) is 12.6. The molecule has 0 aliphatic heterocycles. The van der Waals surface area contributed by atoms with Crippen molar-refractivity contribution in [2.75, 3.05) is 11.9 Å². The Labute approximate surface area is 163 Å². The Morgan fingerprint density at radius 2 is 2.12 bits per heavy atom. The van der Waals surface area contributed by atoms with Crippen LogP contribution in [0.1, 0.15) is 5.69 Å². The molecule has 7 heteroatoms. The lowest BCUT2D eigenvalue weighted by molar-refractivity contribution is -0.115. The summed E-state index contributed by atoms with van der Waals surface area (Å²) in [5, 5.41) is 14.1. The molecule has 0 radical (unpaired) electrons. The molecule has 0 aliphatic carbocycles. The first kappa shape index (κ1) is 18.1. The molecule has 1 heterocycles. The number of halogens is 1. The molecule has 0 atom stereocenters. The zero-order valence-corrected chi connectivity index (χ0v) is 16.0. The largest absolute Gasteiger partial charge is 0.479 e. The number of carbonyl (C=O) groups excluding carboxylic acids is 1. The number of nitrogens with zero attached hydrogens (tertiary/aromatic N) is 2. The van der Waals surface area contributed by atoms with Crippen molar-refractivity contribution in [3.63, 3.8) is 0 Å². The van der Waals surface area contributed by atoms with Gasteiger partial charge < -0.3 is 10.1 Å². The molecule has 0 fully saturated rings. The number of nitriles is 1. The first-order valence-electron chi connectivity index (χ1n) is 7.74. The maximum Gasteiger partial charge on any atom is 0.230 e. The van der Waals surface area contributed by atoms with E-state index < -0.39 is 0 Å². The summed E-state index contributed by atoms with van der Waals surface area (Å²) in [6.07, 6.45) is 0.188. The summed E-state index contributed by atoms with van der Waals surface area (Å²) in [6.45, 7) is -0.0331. The molecule has 3 rings (SSSR count). The number of amides is 1. The van der Waals surface area contributed by atoms with Crippen LogP contribution in [0.2, 0.25) is 0 Å². The minimum atomic E-state index is -0.159. The molecule has 0 spiro atoms. The van der Waals surface area contributed by atoms with Crippen molar-refractivity contribution in [2.45, 2.75) is 6.42 Å². The van der Waals surface area contributed by atoms with E-state index in [9.17, 15) is 4.79 Å². The molecule has 1 amide bonds. The molecule has 5 nitrogen and oxygen atoms in total. The number of hydrogen-bond donors (Lipinski definition) is 1. The molecule has 1 N–H and O–H groups in total. The van der Waals surface area contributed by atoms with Gasteiger partial charge in [-0.15, -0.1) is 11.3 Å². The fourth-order valence-electron chi connectivity index (χ4n) is 2.29. The number of anilines is 1. The predicted octanol–water partition coefficient (Wildman–Crippen LogP) is 4.66. The van der Waals surface area contributed by atoms with Crippen molar-refractivity contribution in [3.8, 4) is 22.4 Å². The van der Waals surface area contributed by atoms with E-state index >= 15 is 0 Å². The maximum atomic E-state index is 12.3. The Hall–Kier alpha value is -2.69. The summed E-state index contributed by atoms with van der Waals surface area (Å²) < 4.78 is 6.22. The van der Waals surface area contributed by atoms with E-state index in [1.165, 1.54) is 11.3 Å². The summed E-state index contributed by atoms with van der Waals surface area (Å²) >= 11 is 4.96. The smallest absolute Gasteiger partial charge is 0.230 e. The Kier molecular flexibility index (Phi) is 6.00. The molecule has 3 aromatic rings. The lowest BCUT2D eigenvalue weighted by atomic mass is 10.2. The zero-order chi connectivity index (χ0) is 18.4. The maximum absolute atomic E-state index is 12.3. The van der Waals surface area contributed by atoms with Gasteiger partial charge in [0.25, 0.3) is 0 Å². The van der Waals surface area contributed by atoms with Crippen LogP contribution in [0, 0.1) is 11.3 Å². The number of nitrogens with one attached hydrogen (secondary N) is 1. The number of rotatable bonds is 6. The standard InChI is InChI=1S/C19H14BrN3O2S/c20-14-4-1-3-13(9-14)19-23-16(12-26-19)11-18(24)22-15-5-2-6-17(10-15)25-8-7-21/h1-6,9-10,12H,8,11H2,(H,22,24). The lowest BCUT2D eigenvalue weighted by Gasteiger charge is -2.06. The molecule has 26 heavy (non-hydrogen) atoms. The third-order valence-corrected chi connectivity index (χ3v) is 4.82. The minimum absolute atomic E-state index is 0.0331. The number of ether oxygens (including phenoxy) is 1. The number of carbonyl (C=O) groups is 1. The molecule has 2 aromatic carbocycles. The summed E-state index contributed by atoms with van der Waals surface area (Å²) in [7, 11) is 0. The van der Waals surface area contributed by atoms with Crippen LogP contribution in [0.3, 0.4) is 0 Å². The van der Waals surface area contributed by atoms with Gasteiger partial charge in [0.2, 0.25) is 5.91 Å². The third-order valence-electron chi connectivity index (χ3n) is 3.39. The average molecular weight is 428 g/mol. The Bertz CT molecular complexity index is 965. The molecular formula is C19H14BrN3O2S. The van der Waals surface area contributed by atoms with Crippen molar-refractivity contribution in [1.82, 2.24) is 4.98 Å². The van der Waals surface area contributed by atoms with E-state index in [1.807, 2.05) is 35.7 Å². The number of aromatic nitrogens is 1. The van der Waals surface area contributed by atoms with Crippen LogP contribution >= 0.6 is 27.3 Å². The summed E-state index contributed by atoms with van der Waals surface area (Å²) in [6, 6.07) is 16.7. The molecule has 130 valence electrons. The van der Waals surface area contributed by atoms with Crippen molar-refractivity contribution in [1.29, 1.82) is 5.26 Å². The summed E-state index contributed by atoms with van der Waals surface area (Å²) in [5.41, 5.74) is 2.35. The topological polar surface area (TPSA) is 75.0 Å². The Balaban J connectivity index is 1.63. The molecule has 0 aliphatic rings. The van der Waals surface area contributed by atoms with Gasteiger partial charge in [-0.1, -0.05) is 34.1 Å². The van der Waals surface area contributed by atoms with Crippen molar-refractivity contribution < 1.29 is 9.53 Å². The monoisotopic (exact) mass is 427 g/mol. The van der Waals surface area contributed by atoms with Gasteiger partial charge in [0.15, 0.2) is 6.61 Å². The quantitative estimate of drug-likeness (QED) is 0.620. The van der Waals surface area contributed by atoms with E-state index in [2.05, 4.69) is 26.2 Å². The molecule has 0 saturated heterocycles. The van der Waals surface area contributed by atoms with E-state index in [-0.39, 0.29) is 18.9 Å². The molecule has 0 saturated carbocycles. The highest BCUT2D eigenvalue weighted by molar-refractivity contribution is 9.10. The van der Waals surface area contributed by atoms with Gasteiger partial charge in [0.05, 0.1) is 12.1 Å². The van der Waals surface area contributed by atoms with Gasteiger partial charge in [-0.3, -0.25) is 4.79 Å². The minimum Gasteiger partial charge on any atom is -0.479 e. The first-order valence-corrected chi connectivity index (χ1v) is 9.41. The molecular weight excluding hydrogens is 414 g/mol. The highest BCUT2D eigenvalue weighted by atomic mass is 79.9. The fourth-order valence-corrected chi connectivity index (χ4v) is 3.51. The van der Waals surface area contributed by atoms with Crippen molar-refractivity contribution in [3.05, 3.63) is 64.1 Å². The van der Waals surface area contributed by atoms with Gasteiger partial charge in [0.1, 0.15) is 16.8 Å². The van der Waals surface area contributed by atoms with Gasteiger partial charge in [-0.05, 0) is 24.3 Å². The fraction of sp³-hybridized carbons (Fsp3) is 0.105. The van der Waals surface area contributed by atoms with Gasteiger partial charge in [-0.25, -0.2) is 4.98 Å². The van der Waals surface area contributed by atoms with Gasteiger partial charge in [0, 0.05) is 27.2 Å². The third kappa shape index (κ3) is 4.91. The lowest BCUT2D eigenvalue weighted by Crippen LogP contribution is -2.14. The van der Waals surface area contributed by atoms with Crippen LogP contribution in [-0.2, 0) is 11.2 Å². The highest BCUT2D eigenvalue weighted by Gasteiger charge is 2.10. The van der Waals surface area contributed by atoms with E-state index in [4.69, 9.17) is 10.00 Å². The molecule has 1 aromatic heterocycles. The number of benzene rings is 2. The van der Waals surface area contributed by atoms with Crippen LogP contribution in [0.15, 0.2) is 58.4 Å². The number of hydrogen-bond acceptors (Lipinski definition) is 5. The number of thiazole rings is 1. The Morgan fingerprint density at radius 3 is 2.92 bits per heavy atom. The van der Waals surface area contributed by atoms with Crippen molar-refractivity contribution in [2.24, 2.45) is 0 Å². The van der Waals surface area contributed by atoms with Crippen LogP contribution in [0.25, 0.3) is 10.6 Å². The highest BCUT2D eigenvalue weighted by Crippen LogP contribution is 2.26. The van der Waals surface area contributed by atoms with Crippen LogP contribution in [0.5, 0.6) is 5.75 Å². The predicted molar refractivity (Wildman–Crippen MR) is 105 cm³/mol. The second-order valence-electron chi connectivity index (χ2n) is 5.35. The van der Waals surface area contributed by atoms with Crippen LogP contribution in [-0.4, -0.2) is 17.5 Å². The van der Waals surface area contributed by atoms with Crippen LogP contribution < -0.4 is 10.1 Å². The van der Waals surface area contributed by atoms with E-state index in [1.54, 1.807) is 24.3 Å². The molecule has 0 bridgehead atoms. The van der Waals surface area contributed by atoms with E-state index in [0.717, 1.165) is 20.7 Å². The Morgan fingerprint density at radius 1 is 1.27 bits per heavy atom. The summed E-state index contributed by atoms with van der Waals surface area (Å²) in [4.78, 5) is 16.8. The van der Waals surface area contributed by atoms with Gasteiger partial charge >= 0.3 is 0 Å². The normalized spacial score (nSPS) is 10.2. The zero-order valence-electron chi connectivity index (χ0n) is 13.6. The average Bonchev–Trinajstić information content (AvgIpc) is 3.08. The summed E-state index contributed by atoms with van der Waals surface area (Å²) in [5.74, 6) is 0.378. The second-order valence-corrected chi connectivity index (χ2v) is 7.13.